The summed E-state index contributed by atoms with van der Waals surface area (Å²) < 4.78 is 1.75. The lowest BCUT2D eigenvalue weighted by atomic mass is 10.2. The van der Waals surface area contributed by atoms with Gasteiger partial charge < -0.3 is 10.2 Å². The maximum absolute atomic E-state index is 12.9. The van der Waals surface area contributed by atoms with Crippen LogP contribution >= 0.6 is 0 Å². The molecule has 1 unspecified atom stereocenters. The third-order valence-electron chi connectivity index (χ3n) is 4.74. The van der Waals surface area contributed by atoms with Crippen molar-refractivity contribution < 1.29 is 4.79 Å². The summed E-state index contributed by atoms with van der Waals surface area (Å²) in [5.74, 6) is 1.20. The highest BCUT2D eigenvalue weighted by Crippen LogP contribution is 2.28. The Labute approximate surface area is 158 Å². The number of benzene rings is 1. The third-order valence-corrected chi connectivity index (χ3v) is 4.74. The van der Waals surface area contributed by atoms with Crippen molar-refractivity contribution in [3.8, 4) is 5.82 Å². The van der Waals surface area contributed by atoms with E-state index < -0.39 is 6.04 Å². The highest BCUT2D eigenvalue weighted by molar-refractivity contribution is 6.00. The molecule has 1 amide bonds. The summed E-state index contributed by atoms with van der Waals surface area (Å²) in [4.78, 5) is 23.6. The topological polar surface area (TPSA) is 75.9 Å². The van der Waals surface area contributed by atoms with Gasteiger partial charge in [0.25, 0.3) is 0 Å². The molecule has 0 spiro atoms. The highest BCUT2D eigenvalue weighted by atomic mass is 16.2. The summed E-state index contributed by atoms with van der Waals surface area (Å²) in [6.07, 6.45) is 4.17. The molecule has 0 bridgehead atoms. The zero-order valence-electron chi connectivity index (χ0n) is 15.7. The van der Waals surface area contributed by atoms with Crippen molar-refractivity contribution in [3.63, 3.8) is 0 Å². The molecule has 0 radical (unpaired) electrons. The predicted octanol–water partition coefficient (Wildman–Crippen LogP) is 2.67. The number of aromatic nitrogens is 4. The maximum atomic E-state index is 12.9. The van der Waals surface area contributed by atoms with E-state index in [1.807, 2.05) is 49.9 Å². The number of nitrogens with one attached hydrogen (secondary N) is 1. The van der Waals surface area contributed by atoms with E-state index in [-0.39, 0.29) is 5.91 Å². The number of nitrogens with zero attached hydrogens (tertiary/aromatic N) is 5. The van der Waals surface area contributed by atoms with E-state index >= 15 is 0 Å². The quantitative estimate of drug-likeness (QED) is 0.772. The number of fused-ring (bicyclic) bond motifs is 1. The van der Waals surface area contributed by atoms with Crippen molar-refractivity contribution >= 4 is 17.4 Å². The molecule has 27 heavy (non-hydrogen) atoms. The smallest absolute Gasteiger partial charge is 0.249 e. The van der Waals surface area contributed by atoms with Crippen LogP contribution in [-0.4, -0.2) is 38.2 Å². The first kappa shape index (κ1) is 17.2. The molecule has 1 aliphatic rings. The molecule has 0 fully saturated rings. The minimum Gasteiger partial charge on any atom is -0.357 e. The number of amides is 1. The highest BCUT2D eigenvalue weighted by Gasteiger charge is 2.27. The van der Waals surface area contributed by atoms with Crippen molar-refractivity contribution in [2.45, 2.75) is 33.2 Å². The molecular formula is C20H22N6O. The number of carbonyl (C=O) groups is 1. The molecule has 7 nitrogen and oxygen atoms in total. The van der Waals surface area contributed by atoms with Gasteiger partial charge in [0.2, 0.25) is 5.91 Å². The second-order valence-corrected chi connectivity index (χ2v) is 6.84. The Morgan fingerprint density at radius 3 is 2.81 bits per heavy atom. The second kappa shape index (κ2) is 6.83. The fourth-order valence-electron chi connectivity index (χ4n) is 3.47. The van der Waals surface area contributed by atoms with Gasteiger partial charge in [-0.05, 0) is 44.9 Å². The normalized spacial score (nSPS) is 14.1. The standard InChI is InChI=1S/C20H22N6O/c1-13-10-14(2)26(24-13)19-12-21-11-18(23-19)22-15(3)20(27)25-9-8-16-6-4-5-7-17(16)25/h4-7,10-12,15H,8-9H2,1-3H3,(H,22,23). The van der Waals surface area contributed by atoms with Gasteiger partial charge in [0.1, 0.15) is 11.9 Å². The lowest BCUT2D eigenvalue weighted by molar-refractivity contribution is -0.118. The molecule has 0 saturated heterocycles. The van der Waals surface area contributed by atoms with Crippen LogP contribution in [0.5, 0.6) is 0 Å². The van der Waals surface area contributed by atoms with E-state index in [4.69, 9.17) is 0 Å². The molecule has 2 aromatic heterocycles. The molecule has 1 atom stereocenters. The molecule has 3 aromatic rings. The molecule has 138 valence electrons. The monoisotopic (exact) mass is 362 g/mol. The number of hydrogen-bond donors (Lipinski definition) is 1. The van der Waals surface area contributed by atoms with Crippen molar-refractivity contribution in [3.05, 3.63) is 59.7 Å². The summed E-state index contributed by atoms with van der Waals surface area (Å²) in [6.45, 7) is 6.47. The zero-order chi connectivity index (χ0) is 19.0. The van der Waals surface area contributed by atoms with Gasteiger partial charge in [-0.3, -0.25) is 9.78 Å². The van der Waals surface area contributed by atoms with Gasteiger partial charge in [-0.2, -0.15) is 5.10 Å². The van der Waals surface area contributed by atoms with Crippen molar-refractivity contribution in [1.29, 1.82) is 0 Å². The van der Waals surface area contributed by atoms with Gasteiger partial charge in [-0.15, -0.1) is 0 Å². The van der Waals surface area contributed by atoms with Gasteiger partial charge in [0, 0.05) is 17.9 Å². The second-order valence-electron chi connectivity index (χ2n) is 6.84. The SMILES string of the molecule is Cc1cc(C)n(-c2cncc(NC(C)C(=O)N3CCc4ccccc43)n2)n1. The Bertz CT molecular complexity index is 996. The van der Waals surface area contributed by atoms with Crippen LogP contribution in [0.2, 0.25) is 0 Å². The summed E-state index contributed by atoms with van der Waals surface area (Å²) in [5.41, 5.74) is 4.11. The molecule has 4 rings (SSSR count). The number of rotatable bonds is 4. The van der Waals surface area contributed by atoms with Crippen molar-refractivity contribution in [1.82, 2.24) is 19.7 Å². The molecule has 3 heterocycles. The van der Waals surface area contributed by atoms with Crippen LogP contribution < -0.4 is 10.2 Å². The lowest BCUT2D eigenvalue weighted by Crippen LogP contribution is -2.40. The van der Waals surface area contributed by atoms with Gasteiger partial charge in [0.05, 0.1) is 18.1 Å². The van der Waals surface area contributed by atoms with Crippen LogP contribution in [0.25, 0.3) is 5.82 Å². The van der Waals surface area contributed by atoms with E-state index in [1.54, 1.807) is 17.1 Å². The molecule has 1 aromatic carbocycles. The maximum Gasteiger partial charge on any atom is 0.249 e. The third kappa shape index (κ3) is 3.28. The number of anilines is 2. The number of carbonyl (C=O) groups excluding carboxylic acids is 1. The fourth-order valence-corrected chi connectivity index (χ4v) is 3.47. The van der Waals surface area contributed by atoms with Crippen LogP contribution in [0.1, 0.15) is 23.9 Å². The van der Waals surface area contributed by atoms with Crippen LogP contribution in [-0.2, 0) is 11.2 Å². The van der Waals surface area contributed by atoms with Gasteiger partial charge in [0.15, 0.2) is 5.82 Å². The minimum atomic E-state index is -0.416. The van der Waals surface area contributed by atoms with E-state index in [0.717, 1.165) is 23.5 Å². The average molecular weight is 362 g/mol. The molecule has 0 saturated carbocycles. The number of hydrogen-bond acceptors (Lipinski definition) is 5. The Morgan fingerprint density at radius 1 is 1.22 bits per heavy atom. The number of aryl methyl sites for hydroxylation is 2. The number of para-hydroxylation sites is 1. The van der Waals surface area contributed by atoms with Gasteiger partial charge in [-0.25, -0.2) is 9.67 Å². The first-order valence-corrected chi connectivity index (χ1v) is 9.04. The van der Waals surface area contributed by atoms with Gasteiger partial charge >= 0.3 is 0 Å². The molecule has 0 aliphatic carbocycles. The van der Waals surface area contributed by atoms with E-state index in [2.05, 4.69) is 26.4 Å². The summed E-state index contributed by atoms with van der Waals surface area (Å²) in [6, 6.07) is 9.61. The first-order valence-electron chi connectivity index (χ1n) is 9.04. The zero-order valence-corrected chi connectivity index (χ0v) is 15.7. The Morgan fingerprint density at radius 2 is 2.04 bits per heavy atom. The van der Waals surface area contributed by atoms with Crippen LogP contribution in [0.3, 0.4) is 0 Å². The molecule has 1 N–H and O–H groups in total. The van der Waals surface area contributed by atoms with Crippen LogP contribution in [0.4, 0.5) is 11.5 Å². The van der Waals surface area contributed by atoms with E-state index in [9.17, 15) is 4.79 Å². The van der Waals surface area contributed by atoms with Crippen LogP contribution in [0.15, 0.2) is 42.7 Å². The average Bonchev–Trinajstić information content (AvgIpc) is 3.24. The fraction of sp³-hybridized carbons (Fsp3) is 0.300. The Hall–Kier alpha value is -3.22. The minimum absolute atomic E-state index is 0.0262. The molecule has 1 aliphatic heterocycles. The summed E-state index contributed by atoms with van der Waals surface area (Å²) in [5, 5.41) is 7.61. The summed E-state index contributed by atoms with van der Waals surface area (Å²) in [7, 11) is 0. The van der Waals surface area contributed by atoms with Gasteiger partial charge in [-0.1, -0.05) is 18.2 Å². The van der Waals surface area contributed by atoms with E-state index in [1.165, 1.54) is 5.56 Å². The van der Waals surface area contributed by atoms with E-state index in [0.29, 0.717) is 18.2 Å². The Balaban J connectivity index is 1.52. The van der Waals surface area contributed by atoms with Crippen molar-refractivity contribution in [2.24, 2.45) is 0 Å². The predicted molar refractivity (Wildman–Crippen MR) is 104 cm³/mol. The Kier molecular flexibility index (Phi) is 4.35. The van der Waals surface area contributed by atoms with Crippen molar-refractivity contribution in [2.75, 3.05) is 16.8 Å². The largest absolute Gasteiger partial charge is 0.357 e. The summed E-state index contributed by atoms with van der Waals surface area (Å²) >= 11 is 0. The lowest BCUT2D eigenvalue weighted by Gasteiger charge is -2.22. The first-order chi connectivity index (χ1) is 13.0. The van der Waals surface area contributed by atoms with Crippen LogP contribution in [0, 0.1) is 13.8 Å². The molecular weight excluding hydrogens is 340 g/mol. The molecule has 7 heteroatoms.